The predicted octanol–water partition coefficient (Wildman–Crippen LogP) is 1.44. The lowest BCUT2D eigenvalue weighted by Crippen LogP contribution is -2.21. The van der Waals surface area contributed by atoms with Gasteiger partial charge in [0.25, 0.3) is 0 Å². The zero-order valence-corrected chi connectivity index (χ0v) is 11.4. The van der Waals surface area contributed by atoms with Gasteiger partial charge in [-0.3, -0.25) is 4.79 Å². The van der Waals surface area contributed by atoms with Gasteiger partial charge in [0, 0.05) is 25.0 Å². The largest absolute Gasteiger partial charge is 0.477 e. The molecular formula is C14H16N2O4. The summed E-state index contributed by atoms with van der Waals surface area (Å²) in [5.74, 6) is -1.23. The summed E-state index contributed by atoms with van der Waals surface area (Å²) in [6.45, 7) is 5.16. The van der Waals surface area contributed by atoms with E-state index >= 15 is 0 Å². The summed E-state index contributed by atoms with van der Waals surface area (Å²) in [5.41, 5.74) is 0.497. The Balaban J connectivity index is 2.63. The quantitative estimate of drug-likeness (QED) is 0.836. The standard InChI is InChI=1S/C14H16N2O4/c1-3-20-7-6-16-8-11(14(18)19)12(17)10-5-4-9(2)15-13(10)16/h4-5,8H,3,6-7H2,1-2H3,(H,18,19). The molecule has 0 aromatic carbocycles. The molecule has 0 saturated heterocycles. The van der Waals surface area contributed by atoms with Crippen molar-refractivity contribution in [2.75, 3.05) is 13.2 Å². The van der Waals surface area contributed by atoms with Gasteiger partial charge in [-0.25, -0.2) is 9.78 Å². The summed E-state index contributed by atoms with van der Waals surface area (Å²) in [6, 6.07) is 3.31. The first kappa shape index (κ1) is 14.2. The number of carboxylic acids is 1. The van der Waals surface area contributed by atoms with Crippen LogP contribution in [0.15, 0.2) is 23.1 Å². The Bertz CT molecular complexity index is 706. The van der Waals surface area contributed by atoms with Crippen LogP contribution in [0.25, 0.3) is 11.0 Å². The molecule has 2 heterocycles. The van der Waals surface area contributed by atoms with Gasteiger partial charge in [-0.05, 0) is 26.0 Å². The van der Waals surface area contributed by atoms with Crippen LogP contribution < -0.4 is 5.43 Å². The molecule has 0 aliphatic carbocycles. The van der Waals surface area contributed by atoms with Gasteiger partial charge in [-0.1, -0.05) is 0 Å². The van der Waals surface area contributed by atoms with Crippen molar-refractivity contribution in [1.82, 2.24) is 9.55 Å². The van der Waals surface area contributed by atoms with Crippen molar-refractivity contribution in [2.45, 2.75) is 20.4 Å². The van der Waals surface area contributed by atoms with E-state index in [0.29, 0.717) is 30.8 Å². The summed E-state index contributed by atoms with van der Waals surface area (Å²) < 4.78 is 6.93. The predicted molar refractivity (Wildman–Crippen MR) is 74.2 cm³/mol. The summed E-state index contributed by atoms with van der Waals surface area (Å²) in [5, 5.41) is 9.42. The third-order valence-electron chi connectivity index (χ3n) is 2.97. The number of carboxylic acid groups (broad SMARTS) is 1. The number of ether oxygens (including phenoxy) is 1. The second kappa shape index (κ2) is 5.83. The highest BCUT2D eigenvalue weighted by atomic mass is 16.5. The molecule has 20 heavy (non-hydrogen) atoms. The molecule has 2 rings (SSSR count). The molecule has 2 aromatic rings. The van der Waals surface area contributed by atoms with E-state index in [0.717, 1.165) is 5.69 Å². The molecule has 0 aliphatic heterocycles. The van der Waals surface area contributed by atoms with E-state index in [9.17, 15) is 9.59 Å². The Morgan fingerprint density at radius 2 is 2.20 bits per heavy atom. The average molecular weight is 276 g/mol. The van der Waals surface area contributed by atoms with Crippen LogP contribution in [0, 0.1) is 6.92 Å². The number of carbonyl (C=O) groups is 1. The van der Waals surface area contributed by atoms with Gasteiger partial charge in [0.2, 0.25) is 5.43 Å². The maximum absolute atomic E-state index is 12.1. The Morgan fingerprint density at radius 3 is 2.85 bits per heavy atom. The van der Waals surface area contributed by atoms with Gasteiger partial charge in [0.15, 0.2) is 0 Å². The lowest BCUT2D eigenvalue weighted by Gasteiger charge is -2.11. The minimum absolute atomic E-state index is 0.250. The SMILES string of the molecule is CCOCCn1cc(C(=O)O)c(=O)c2ccc(C)nc21. The molecule has 2 aromatic heterocycles. The fraction of sp³-hybridized carbons (Fsp3) is 0.357. The van der Waals surface area contributed by atoms with Crippen molar-refractivity contribution in [3.8, 4) is 0 Å². The van der Waals surface area contributed by atoms with E-state index in [1.54, 1.807) is 16.7 Å². The third-order valence-corrected chi connectivity index (χ3v) is 2.97. The van der Waals surface area contributed by atoms with E-state index < -0.39 is 11.4 Å². The van der Waals surface area contributed by atoms with Gasteiger partial charge in [-0.15, -0.1) is 0 Å². The van der Waals surface area contributed by atoms with Crippen molar-refractivity contribution in [3.63, 3.8) is 0 Å². The molecule has 0 radical (unpaired) electrons. The third kappa shape index (κ3) is 2.70. The zero-order valence-electron chi connectivity index (χ0n) is 11.4. The highest BCUT2D eigenvalue weighted by Gasteiger charge is 2.15. The number of pyridine rings is 2. The highest BCUT2D eigenvalue weighted by Crippen LogP contribution is 2.11. The van der Waals surface area contributed by atoms with Crippen molar-refractivity contribution >= 4 is 17.0 Å². The molecule has 1 N–H and O–H groups in total. The lowest BCUT2D eigenvalue weighted by atomic mass is 10.2. The second-order valence-electron chi connectivity index (χ2n) is 4.39. The van der Waals surface area contributed by atoms with Gasteiger partial charge >= 0.3 is 5.97 Å². The number of aryl methyl sites for hydroxylation is 1. The summed E-state index contributed by atoms with van der Waals surface area (Å²) in [6.07, 6.45) is 1.33. The molecule has 0 bridgehead atoms. The van der Waals surface area contributed by atoms with E-state index in [1.165, 1.54) is 6.20 Å². The second-order valence-corrected chi connectivity index (χ2v) is 4.39. The van der Waals surface area contributed by atoms with Crippen LogP contribution in [-0.4, -0.2) is 33.8 Å². The summed E-state index contributed by atoms with van der Waals surface area (Å²) in [7, 11) is 0. The van der Waals surface area contributed by atoms with Crippen molar-refractivity contribution in [2.24, 2.45) is 0 Å². The maximum Gasteiger partial charge on any atom is 0.341 e. The first-order valence-electron chi connectivity index (χ1n) is 6.36. The number of aromatic carboxylic acids is 1. The van der Waals surface area contributed by atoms with Crippen LogP contribution in [0.1, 0.15) is 23.0 Å². The number of fused-ring (bicyclic) bond motifs is 1. The van der Waals surface area contributed by atoms with E-state index in [2.05, 4.69) is 4.98 Å². The molecule has 0 saturated carbocycles. The van der Waals surface area contributed by atoms with E-state index in [4.69, 9.17) is 9.84 Å². The molecular weight excluding hydrogens is 260 g/mol. The smallest absolute Gasteiger partial charge is 0.341 e. The molecule has 0 spiro atoms. The van der Waals surface area contributed by atoms with Crippen LogP contribution in [0.4, 0.5) is 0 Å². The van der Waals surface area contributed by atoms with Gasteiger partial charge in [-0.2, -0.15) is 0 Å². The minimum atomic E-state index is -1.23. The van der Waals surface area contributed by atoms with Crippen LogP contribution in [0.5, 0.6) is 0 Å². The zero-order chi connectivity index (χ0) is 14.7. The van der Waals surface area contributed by atoms with E-state index in [-0.39, 0.29) is 5.56 Å². The molecule has 0 unspecified atom stereocenters. The van der Waals surface area contributed by atoms with Crippen LogP contribution in [0.3, 0.4) is 0 Å². The van der Waals surface area contributed by atoms with Crippen molar-refractivity contribution in [1.29, 1.82) is 0 Å². The Morgan fingerprint density at radius 1 is 1.45 bits per heavy atom. The first-order valence-corrected chi connectivity index (χ1v) is 6.36. The molecule has 6 nitrogen and oxygen atoms in total. The maximum atomic E-state index is 12.1. The molecule has 0 amide bonds. The number of hydrogen-bond donors (Lipinski definition) is 1. The Kier molecular flexibility index (Phi) is 4.14. The lowest BCUT2D eigenvalue weighted by molar-refractivity contribution is 0.0694. The van der Waals surface area contributed by atoms with E-state index in [1.807, 2.05) is 13.8 Å². The van der Waals surface area contributed by atoms with Crippen LogP contribution >= 0.6 is 0 Å². The van der Waals surface area contributed by atoms with Crippen LogP contribution in [-0.2, 0) is 11.3 Å². The number of rotatable bonds is 5. The number of aromatic nitrogens is 2. The first-order chi connectivity index (χ1) is 9.54. The molecule has 106 valence electrons. The van der Waals surface area contributed by atoms with Crippen LogP contribution in [0.2, 0.25) is 0 Å². The average Bonchev–Trinajstić information content (AvgIpc) is 2.41. The summed E-state index contributed by atoms with van der Waals surface area (Å²) in [4.78, 5) is 27.6. The highest BCUT2D eigenvalue weighted by molar-refractivity contribution is 5.91. The molecule has 0 atom stereocenters. The Labute approximate surface area is 115 Å². The molecule has 0 aliphatic rings. The monoisotopic (exact) mass is 276 g/mol. The minimum Gasteiger partial charge on any atom is -0.477 e. The number of nitrogens with zero attached hydrogens (tertiary/aromatic N) is 2. The fourth-order valence-electron chi connectivity index (χ4n) is 1.99. The van der Waals surface area contributed by atoms with Gasteiger partial charge in [0.05, 0.1) is 12.0 Å². The fourth-order valence-corrected chi connectivity index (χ4v) is 1.99. The van der Waals surface area contributed by atoms with Gasteiger partial charge in [0.1, 0.15) is 11.2 Å². The molecule has 0 fully saturated rings. The number of hydrogen-bond acceptors (Lipinski definition) is 4. The Hall–Kier alpha value is -2.21. The molecule has 6 heteroatoms. The van der Waals surface area contributed by atoms with Gasteiger partial charge < -0.3 is 14.4 Å². The summed E-state index contributed by atoms with van der Waals surface area (Å²) >= 11 is 0. The topological polar surface area (TPSA) is 81.4 Å². The normalized spacial score (nSPS) is 10.9. The van der Waals surface area contributed by atoms with Crippen molar-refractivity contribution < 1.29 is 14.6 Å². The van der Waals surface area contributed by atoms with Crippen molar-refractivity contribution in [3.05, 3.63) is 39.8 Å².